The van der Waals surface area contributed by atoms with Gasteiger partial charge in [-0.3, -0.25) is 14.5 Å². The van der Waals surface area contributed by atoms with Crippen molar-refractivity contribution in [3.63, 3.8) is 0 Å². The van der Waals surface area contributed by atoms with E-state index in [1.54, 1.807) is 17.0 Å². The number of cyclic esters (lactones) is 1. The standard InChI is InChI=1S/C25H24N4O5S/c1-33-24-18(11-15-5-2-3-7-19(15)28-24)23(31)26-10-4-6-17-13-29(25(32)34-17)16-8-9-21-20(12-16)27-22(30)14-35-21/h2-3,5,7-9,11-12,17H,4,6,10,13-14H2,1H3,(H,26,31)(H,27,30). The number of methoxy groups -OCH3 is 1. The van der Waals surface area contributed by atoms with E-state index in [0.29, 0.717) is 48.6 Å². The van der Waals surface area contributed by atoms with Crippen LogP contribution in [0.5, 0.6) is 5.88 Å². The van der Waals surface area contributed by atoms with Crippen molar-refractivity contribution in [3.8, 4) is 5.88 Å². The highest BCUT2D eigenvalue weighted by atomic mass is 32.2. The summed E-state index contributed by atoms with van der Waals surface area (Å²) in [5.41, 5.74) is 2.53. The fourth-order valence-corrected chi connectivity index (χ4v) is 4.95. The van der Waals surface area contributed by atoms with Gasteiger partial charge in [0.1, 0.15) is 11.7 Å². The van der Waals surface area contributed by atoms with E-state index in [-0.39, 0.29) is 23.8 Å². The Labute approximate surface area is 206 Å². The number of benzene rings is 2. The third-order valence-electron chi connectivity index (χ3n) is 5.90. The van der Waals surface area contributed by atoms with Crippen molar-refractivity contribution in [1.82, 2.24) is 10.3 Å². The molecular weight excluding hydrogens is 468 g/mol. The van der Waals surface area contributed by atoms with Gasteiger partial charge in [-0.1, -0.05) is 18.2 Å². The number of rotatable bonds is 7. The van der Waals surface area contributed by atoms with Gasteiger partial charge < -0.3 is 20.1 Å². The Morgan fingerprint density at radius 2 is 2.11 bits per heavy atom. The van der Waals surface area contributed by atoms with Crippen molar-refractivity contribution in [2.45, 2.75) is 23.8 Å². The van der Waals surface area contributed by atoms with Crippen LogP contribution in [0.2, 0.25) is 0 Å². The van der Waals surface area contributed by atoms with E-state index in [9.17, 15) is 14.4 Å². The van der Waals surface area contributed by atoms with Crippen molar-refractivity contribution >= 4 is 51.9 Å². The van der Waals surface area contributed by atoms with Gasteiger partial charge in [-0.25, -0.2) is 9.78 Å². The summed E-state index contributed by atoms with van der Waals surface area (Å²) in [5.74, 6) is 0.349. The van der Waals surface area contributed by atoms with Gasteiger partial charge >= 0.3 is 6.09 Å². The van der Waals surface area contributed by atoms with Gasteiger partial charge in [-0.15, -0.1) is 11.8 Å². The van der Waals surface area contributed by atoms with Crippen LogP contribution >= 0.6 is 11.8 Å². The lowest BCUT2D eigenvalue weighted by atomic mass is 10.1. The van der Waals surface area contributed by atoms with Crippen molar-refractivity contribution in [3.05, 3.63) is 54.1 Å². The minimum atomic E-state index is -0.416. The first-order valence-electron chi connectivity index (χ1n) is 11.3. The Bertz CT molecular complexity index is 1310. The lowest BCUT2D eigenvalue weighted by Crippen LogP contribution is -2.27. The molecule has 1 aromatic heterocycles. The Hall–Kier alpha value is -3.79. The molecule has 0 spiro atoms. The summed E-state index contributed by atoms with van der Waals surface area (Å²) in [5, 5.41) is 6.60. The zero-order valence-electron chi connectivity index (χ0n) is 19.1. The highest BCUT2D eigenvalue weighted by Crippen LogP contribution is 2.35. The summed E-state index contributed by atoms with van der Waals surface area (Å²) in [6.07, 6.45) is 0.544. The maximum Gasteiger partial charge on any atom is 0.414 e. The number of nitrogens with one attached hydrogen (secondary N) is 2. The van der Waals surface area contributed by atoms with Gasteiger partial charge in [-0.2, -0.15) is 0 Å². The lowest BCUT2D eigenvalue weighted by molar-refractivity contribution is -0.113. The number of hydrogen-bond donors (Lipinski definition) is 2. The summed E-state index contributed by atoms with van der Waals surface area (Å²) in [6, 6.07) is 14.9. The summed E-state index contributed by atoms with van der Waals surface area (Å²) in [6.45, 7) is 0.833. The van der Waals surface area contributed by atoms with E-state index in [4.69, 9.17) is 9.47 Å². The Balaban J connectivity index is 1.15. The molecular formula is C25H24N4O5S. The SMILES string of the molecule is COc1nc2ccccc2cc1C(=O)NCCCC1CN(c2ccc3c(c2)NC(=O)CS3)C(=O)O1. The van der Waals surface area contributed by atoms with Crippen LogP contribution in [0.1, 0.15) is 23.2 Å². The van der Waals surface area contributed by atoms with Crippen LogP contribution in [-0.2, 0) is 9.53 Å². The highest BCUT2D eigenvalue weighted by Gasteiger charge is 2.32. The molecule has 5 rings (SSSR count). The molecule has 2 aliphatic rings. The molecule has 3 aromatic rings. The van der Waals surface area contributed by atoms with Crippen LogP contribution in [-0.4, -0.2) is 54.9 Å². The van der Waals surface area contributed by atoms with Gasteiger partial charge in [0.2, 0.25) is 11.8 Å². The first-order chi connectivity index (χ1) is 17.0. The number of pyridine rings is 1. The fraction of sp³-hybridized carbons (Fsp3) is 0.280. The second-order valence-corrected chi connectivity index (χ2v) is 9.29. The van der Waals surface area contributed by atoms with Crippen LogP contribution in [0.15, 0.2) is 53.4 Å². The summed E-state index contributed by atoms with van der Waals surface area (Å²) in [7, 11) is 1.49. The number of carbonyl (C=O) groups excluding carboxylic acids is 3. The molecule has 1 fully saturated rings. The molecule has 1 unspecified atom stereocenters. The monoisotopic (exact) mass is 492 g/mol. The van der Waals surface area contributed by atoms with E-state index in [1.165, 1.54) is 18.9 Å². The largest absolute Gasteiger partial charge is 0.480 e. The smallest absolute Gasteiger partial charge is 0.414 e. The molecule has 9 nitrogen and oxygen atoms in total. The Kier molecular flexibility index (Phi) is 6.45. The number of ether oxygens (including phenoxy) is 2. The van der Waals surface area contributed by atoms with Gasteiger partial charge in [0, 0.05) is 22.5 Å². The average molecular weight is 493 g/mol. The van der Waals surface area contributed by atoms with Crippen LogP contribution in [0.4, 0.5) is 16.2 Å². The molecule has 3 amide bonds. The Morgan fingerprint density at radius 3 is 2.97 bits per heavy atom. The maximum absolute atomic E-state index is 12.7. The van der Waals surface area contributed by atoms with Gasteiger partial charge in [0.15, 0.2) is 0 Å². The molecule has 3 heterocycles. The topological polar surface area (TPSA) is 110 Å². The van der Waals surface area contributed by atoms with E-state index < -0.39 is 6.09 Å². The first-order valence-corrected chi connectivity index (χ1v) is 12.3. The molecule has 180 valence electrons. The minimum absolute atomic E-state index is 0.0549. The normalized spacial score (nSPS) is 17.1. The van der Waals surface area contributed by atoms with Gasteiger partial charge in [0.05, 0.1) is 30.6 Å². The number of hydrogen-bond acceptors (Lipinski definition) is 7. The average Bonchev–Trinajstić information content (AvgIpc) is 3.25. The fourth-order valence-electron chi connectivity index (χ4n) is 4.17. The first kappa shape index (κ1) is 23.0. The second kappa shape index (κ2) is 9.83. The van der Waals surface area contributed by atoms with Crippen LogP contribution < -0.4 is 20.3 Å². The number of para-hydroxylation sites is 1. The molecule has 0 saturated carbocycles. The molecule has 0 bridgehead atoms. The molecule has 0 radical (unpaired) electrons. The van der Waals surface area contributed by atoms with Gasteiger partial charge in [-0.05, 0) is 43.2 Å². The van der Waals surface area contributed by atoms with E-state index in [0.717, 1.165) is 15.8 Å². The van der Waals surface area contributed by atoms with Crippen LogP contribution in [0, 0.1) is 0 Å². The van der Waals surface area contributed by atoms with Crippen molar-refractivity contribution in [1.29, 1.82) is 0 Å². The van der Waals surface area contributed by atoms with Crippen molar-refractivity contribution in [2.75, 3.05) is 36.2 Å². The Morgan fingerprint density at radius 1 is 1.26 bits per heavy atom. The third-order valence-corrected chi connectivity index (χ3v) is 6.97. The number of fused-ring (bicyclic) bond motifs is 2. The van der Waals surface area contributed by atoms with E-state index in [2.05, 4.69) is 15.6 Å². The minimum Gasteiger partial charge on any atom is -0.480 e. The number of aromatic nitrogens is 1. The van der Waals surface area contributed by atoms with Crippen molar-refractivity contribution in [2.24, 2.45) is 0 Å². The number of amides is 3. The predicted octanol–water partition coefficient (Wildman–Crippen LogP) is 3.82. The summed E-state index contributed by atoms with van der Waals surface area (Å²) < 4.78 is 10.8. The molecule has 2 aromatic carbocycles. The van der Waals surface area contributed by atoms with Gasteiger partial charge in [0.25, 0.3) is 5.91 Å². The number of anilines is 2. The number of carbonyl (C=O) groups is 3. The number of nitrogens with zero attached hydrogens (tertiary/aromatic N) is 2. The summed E-state index contributed by atoms with van der Waals surface area (Å²) >= 11 is 1.47. The molecule has 1 atom stereocenters. The molecule has 0 aliphatic carbocycles. The maximum atomic E-state index is 12.7. The van der Waals surface area contributed by atoms with E-state index >= 15 is 0 Å². The predicted molar refractivity (Wildman–Crippen MR) is 133 cm³/mol. The third kappa shape index (κ3) is 4.88. The van der Waals surface area contributed by atoms with Crippen molar-refractivity contribution < 1.29 is 23.9 Å². The highest BCUT2D eigenvalue weighted by molar-refractivity contribution is 8.00. The molecule has 1 saturated heterocycles. The molecule has 35 heavy (non-hydrogen) atoms. The molecule has 2 aliphatic heterocycles. The van der Waals surface area contributed by atoms with E-state index in [1.807, 2.05) is 36.4 Å². The zero-order valence-corrected chi connectivity index (χ0v) is 19.9. The second-order valence-electron chi connectivity index (χ2n) is 8.27. The van der Waals surface area contributed by atoms with Crippen LogP contribution in [0.3, 0.4) is 0 Å². The molecule has 2 N–H and O–H groups in total. The zero-order chi connectivity index (χ0) is 24.4. The molecule has 10 heteroatoms. The summed E-state index contributed by atoms with van der Waals surface area (Å²) in [4.78, 5) is 43.8. The number of thioether (sulfide) groups is 1. The lowest BCUT2D eigenvalue weighted by Gasteiger charge is -2.20. The quantitative estimate of drug-likeness (QED) is 0.483. The van der Waals surface area contributed by atoms with Crippen LogP contribution in [0.25, 0.3) is 10.9 Å².